The molecule has 1 atom stereocenters. The molecule has 0 fully saturated rings. The van der Waals surface area contributed by atoms with Crippen LogP contribution in [0.5, 0.6) is 5.75 Å². The van der Waals surface area contributed by atoms with E-state index in [0.717, 1.165) is 17.5 Å². The van der Waals surface area contributed by atoms with Gasteiger partial charge in [0.1, 0.15) is 28.9 Å². The Morgan fingerprint density at radius 2 is 1.91 bits per heavy atom. The number of carbonyl (C=O) groups is 2. The third-order valence-electron chi connectivity index (χ3n) is 5.30. The second-order valence-corrected chi connectivity index (χ2v) is 7.24. The number of hydrogen-bond donors (Lipinski definition) is 3. The van der Waals surface area contributed by atoms with Crippen LogP contribution in [0.1, 0.15) is 41.4 Å². The largest absolute Gasteiger partial charge is 0.494 e. The zero-order valence-electron chi connectivity index (χ0n) is 17.8. The van der Waals surface area contributed by atoms with Gasteiger partial charge in [-0.3, -0.25) is 4.79 Å². The number of aryl methyl sites for hydroxylation is 1. The van der Waals surface area contributed by atoms with Crippen molar-refractivity contribution in [3.63, 3.8) is 0 Å². The molecule has 3 aromatic rings. The predicted molar refractivity (Wildman–Crippen MR) is 121 cm³/mol. The van der Waals surface area contributed by atoms with Gasteiger partial charge in [-0.15, -0.1) is 0 Å². The average molecular weight is 432 g/mol. The Bertz CT molecular complexity index is 1200. The van der Waals surface area contributed by atoms with E-state index in [1.54, 1.807) is 10.8 Å². The molecular formula is C24H24N4O4. The van der Waals surface area contributed by atoms with E-state index in [1.165, 1.54) is 6.20 Å². The number of para-hydroxylation sites is 2. The molecule has 32 heavy (non-hydrogen) atoms. The average Bonchev–Trinajstić information content (AvgIpc) is 3.24. The number of nitrogens with zero attached hydrogens (tertiary/aromatic N) is 2. The lowest BCUT2D eigenvalue weighted by Crippen LogP contribution is -2.26. The molecule has 0 saturated carbocycles. The second-order valence-electron chi connectivity index (χ2n) is 7.24. The minimum absolute atomic E-state index is 0.0303. The highest BCUT2D eigenvalue weighted by molar-refractivity contribution is 6.08. The Labute approximate surface area is 185 Å². The molecule has 4 rings (SSSR count). The number of allylic oxidation sites excluding steroid dienone is 1. The van der Waals surface area contributed by atoms with Crippen molar-refractivity contribution in [2.45, 2.75) is 26.3 Å². The number of anilines is 2. The van der Waals surface area contributed by atoms with Crippen LogP contribution >= 0.6 is 0 Å². The first kappa shape index (κ1) is 21.2. The third-order valence-corrected chi connectivity index (χ3v) is 5.30. The first-order valence-electron chi connectivity index (χ1n) is 10.4. The Morgan fingerprint density at radius 3 is 2.66 bits per heavy atom. The summed E-state index contributed by atoms with van der Waals surface area (Å²) in [5, 5.41) is 19.9. The van der Waals surface area contributed by atoms with Crippen LogP contribution in [0.2, 0.25) is 0 Å². The Balaban J connectivity index is 1.75. The maximum absolute atomic E-state index is 13.1. The molecule has 2 aromatic carbocycles. The van der Waals surface area contributed by atoms with E-state index in [-0.39, 0.29) is 17.2 Å². The van der Waals surface area contributed by atoms with Gasteiger partial charge in [0.15, 0.2) is 0 Å². The number of benzene rings is 2. The summed E-state index contributed by atoms with van der Waals surface area (Å²) >= 11 is 0. The molecule has 0 saturated heterocycles. The van der Waals surface area contributed by atoms with Gasteiger partial charge in [0.2, 0.25) is 0 Å². The van der Waals surface area contributed by atoms with Gasteiger partial charge in [-0.2, -0.15) is 5.10 Å². The maximum atomic E-state index is 13.1. The summed E-state index contributed by atoms with van der Waals surface area (Å²) in [6, 6.07) is 14.4. The molecule has 0 spiro atoms. The fraction of sp³-hybridized carbons (Fsp3) is 0.208. The molecule has 1 amide bonds. The summed E-state index contributed by atoms with van der Waals surface area (Å²) in [6.45, 7) is 4.36. The molecule has 0 bridgehead atoms. The van der Waals surface area contributed by atoms with Gasteiger partial charge in [-0.25, -0.2) is 9.48 Å². The number of fused-ring (bicyclic) bond motifs is 1. The van der Waals surface area contributed by atoms with E-state index in [2.05, 4.69) is 15.7 Å². The lowest BCUT2D eigenvalue weighted by atomic mass is 10.0. The van der Waals surface area contributed by atoms with E-state index < -0.39 is 12.0 Å². The maximum Gasteiger partial charge on any atom is 0.352 e. The molecule has 1 unspecified atom stereocenters. The van der Waals surface area contributed by atoms with E-state index in [0.29, 0.717) is 23.9 Å². The number of carboxylic acids is 1. The topological polar surface area (TPSA) is 105 Å². The fourth-order valence-electron chi connectivity index (χ4n) is 3.76. The van der Waals surface area contributed by atoms with Gasteiger partial charge in [-0.1, -0.05) is 43.3 Å². The van der Waals surface area contributed by atoms with Crippen LogP contribution in [0.3, 0.4) is 0 Å². The highest BCUT2D eigenvalue weighted by atomic mass is 16.5. The summed E-state index contributed by atoms with van der Waals surface area (Å²) in [4.78, 5) is 24.9. The Morgan fingerprint density at radius 1 is 1.16 bits per heavy atom. The number of amides is 1. The molecule has 0 aliphatic carbocycles. The number of hydrogen-bond acceptors (Lipinski definition) is 5. The van der Waals surface area contributed by atoms with E-state index >= 15 is 0 Å². The van der Waals surface area contributed by atoms with Crippen molar-refractivity contribution >= 4 is 23.4 Å². The summed E-state index contributed by atoms with van der Waals surface area (Å²) in [5.41, 5.74) is 2.69. The van der Waals surface area contributed by atoms with Crippen LogP contribution in [0.25, 0.3) is 0 Å². The molecule has 164 valence electrons. The number of aromatic nitrogens is 2. The van der Waals surface area contributed by atoms with Gasteiger partial charge in [0.25, 0.3) is 5.91 Å². The number of ether oxygens (including phenoxy) is 1. The van der Waals surface area contributed by atoms with Crippen LogP contribution in [0.15, 0.2) is 66.5 Å². The summed E-state index contributed by atoms with van der Waals surface area (Å²) in [7, 11) is 0. The van der Waals surface area contributed by atoms with Crippen molar-refractivity contribution in [3.8, 4) is 5.75 Å². The van der Waals surface area contributed by atoms with Gasteiger partial charge < -0.3 is 20.5 Å². The number of aliphatic carboxylic acids is 1. The van der Waals surface area contributed by atoms with Gasteiger partial charge in [0, 0.05) is 11.3 Å². The molecule has 8 heteroatoms. The standard InChI is InChI=1S/C24H24N4O4/c1-3-15-9-5-7-11-18(15)27-23(29)17-14-25-28-20(13-19(24(30)31)26-22(17)28)16-10-6-8-12-21(16)32-4-2/h5-14,20,26H,3-4H2,1-2H3,(H,27,29)(H,30,31). The van der Waals surface area contributed by atoms with Gasteiger partial charge in [-0.05, 0) is 37.1 Å². The Hall–Kier alpha value is -4.07. The zero-order valence-corrected chi connectivity index (χ0v) is 17.8. The minimum Gasteiger partial charge on any atom is -0.494 e. The predicted octanol–water partition coefficient (Wildman–Crippen LogP) is 4.08. The van der Waals surface area contributed by atoms with E-state index in [4.69, 9.17) is 4.74 Å². The Kier molecular flexibility index (Phi) is 5.93. The number of carboxylic acid groups (broad SMARTS) is 1. The molecule has 2 heterocycles. The summed E-state index contributed by atoms with van der Waals surface area (Å²) in [5.74, 6) is -0.554. The van der Waals surface area contributed by atoms with Crippen molar-refractivity contribution in [1.82, 2.24) is 9.78 Å². The smallest absolute Gasteiger partial charge is 0.352 e. The van der Waals surface area contributed by atoms with E-state index in [9.17, 15) is 14.7 Å². The second kappa shape index (κ2) is 8.97. The number of rotatable bonds is 7. The lowest BCUT2D eigenvalue weighted by molar-refractivity contribution is -0.132. The van der Waals surface area contributed by atoms with Gasteiger partial charge in [0.05, 0.1) is 12.8 Å². The highest BCUT2D eigenvalue weighted by Crippen LogP contribution is 2.36. The quantitative estimate of drug-likeness (QED) is 0.520. The van der Waals surface area contributed by atoms with Crippen molar-refractivity contribution in [3.05, 3.63) is 83.2 Å². The molecule has 8 nitrogen and oxygen atoms in total. The first-order valence-corrected chi connectivity index (χ1v) is 10.4. The van der Waals surface area contributed by atoms with Gasteiger partial charge >= 0.3 is 5.97 Å². The molecule has 1 aliphatic rings. The van der Waals surface area contributed by atoms with Crippen molar-refractivity contribution in [2.24, 2.45) is 0 Å². The lowest BCUT2D eigenvalue weighted by Gasteiger charge is -2.25. The van der Waals surface area contributed by atoms with Crippen LogP contribution in [0.4, 0.5) is 11.5 Å². The highest BCUT2D eigenvalue weighted by Gasteiger charge is 2.31. The molecule has 0 radical (unpaired) electrons. The SMILES string of the molecule is CCOc1ccccc1C1C=C(C(=O)O)Nc2c(C(=O)Nc3ccccc3CC)cnn21. The normalized spacial score (nSPS) is 14.7. The van der Waals surface area contributed by atoms with Crippen molar-refractivity contribution < 1.29 is 19.4 Å². The number of nitrogens with one attached hydrogen (secondary N) is 2. The summed E-state index contributed by atoms with van der Waals surface area (Å²) < 4.78 is 7.34. The monoisotopic (exact) mass is 432 g/mol. The molecular weight excluding hydrogens is 408 g/mol. The number of carbonyl (C=O) groups excluding carboxylic acids is 1. The molecule has 1 aromatic heterocycles. The van der Waals surface area contributed by atoms with Crippen molar-refractivity contribution in [2.75, 3.05) is 17.2 Å². The molecule has 3 N–H and O–H groups in total. The van der Waals surface area contributed by atoms with Crippen LogP contribution in [-0.2, 0) is 11.2 Å². The van der Waals surface area contributed by atoms with Crippen LogP contribution in [-0.4, -0.2) is 33.4 Å². The fourth-order valence-corrected chi connectivity index (χ4v) is 3.76. The summed E-state index contributed by atoms with van der Waals surface area (Å²) in [6.07, 6.45) is 3.78. The minimum atomic E-state index is -1.13. The zero-order chi connectivity index (χ0) is 22.7. The van der Waals surface area contributed by atoms with Crippen LogP contribution in [0, 0.1) is 0 Å². The molecule has 1 aliphatic heterocycles. The third kappa shape index (κ3) is 3.94. The van der Waals surface area contributed by atoms with Crippen LogP contribution < -0.4 is 15.4 Å². The van der Waals surface area contributed by atoms with Crippen molar-refractivity contribution in [1.29, 1.82) is 0 Å². The first-order chi connectivity index (χ1) is 15.5. The van der Waals surface area contributed by atoms with E-state index in [1.807, 2.05) is 62.4 Å².